The molecule has 1 aliphatic rings. The molecule has 1 saturated heterocycles. The molecule has 3 unspecified atom stereocenters. The Kier molecular flexibility index (Phi) is 7.15. The van der Waals surface area contributed by atoms with Gasteiger partial charge in [0.05, 0.1) is 12.6 Å². The number of hydrogen-bond donors (Lipinski definition) is 1. The fraction of sp³-hybridized carbons (Fsp3) is 0.875. The lowest BCUT2D eigenvalue weighted by Crippen LogP contribution is -2.67. The molecule has 0 saturated carbocycles. The van der Waals surface area contributed by atoms with Gasteiger partial charge in [0, 0.05) is 6.61 Å². The number of nitrogens with zero attached hydrogens (tertiary/aromatic N) is 1. The number of hydrogen-bond acceptors (Lipinski definition) is 3. The summed E-state index contributed by atoms with van der Waals surface area (Å²) in [6, 6.07) is -0.806. The van der Waals surface area contributed by atoms with Gasteiger partial charge < -0.3 is 15.0 Å². The van der Waals surface area contributed by atoms with Crippen molar-refractivity contribution >= 4 is 11.8 Å². The van der Waals surface area contributed by atoms with Crippen LogP contribution in [0.2, 0.25) is 0 Å². The predicted octanol–water partition coefficient (Wildman–Crippen LogP) is 1.95. The van der Waals surface area contributed by atoms with Gasteiger partial charge in [0.15, 0.2) is 0 Å². The molecule has 1 aliphatic heterocycles. The van der Waals surface area contributed by atoms with Crippen LogP contribution in [0.15, 0.2) is 0 Å². The molecule has 0 aromatic rings. The second-order valence-corrected chi connectivity index (χ2v) is 5.99. The van der Waals surface area contributed by atoms with E-state index >= 15 is 0 Å². The fourth-order valence-corrected chi connectivity index (χ4v) is 2.88. The second-order valence-electron chi connectivity index (χ2n) is 5.99. The van der Waals surface area contributed by atoms with E-state index in [-0.39, 0.29) is 35.9 Å². The van der Waals surface area contributed by atoms with Crippen LogP contribution in [-0.2, 0) is 14.3 Å². The maximum Gasteiger partial charge on any atom is 0.246 e. The molecule has 0 aromatic heterocycles. The highest BCUT2D eigenvalue weighted by molar-refractivity contribution is 5.97. The monoisotopic (exact) mass is 298 g/mol. The molecule has 0 spiro atoms. The first-order valence-corrected chi connectivity index (χ1v) is 8.18. The molecule has 1 rings (SSSR count). The zero-order chi connectivity index (χ0) is 16.0. The summed E-state index contributed by atoms with van der Waals surface area (Å²) in [6.45, 7) is 11.2. The van der Waals surface area contributed by atoms with Crippen LogP contribution < -0.4 is 5.32 Å². The first-order chi connectivity index (χ1) is 9.97. The third-order valence-electron chi connectivity index (χ3n) is 4.09. The molecule has 21 heavy (non-hydrogen) atoms. The molecule has 0 bridgehead atoms. The number of piperazine rings is 1. The minimum Gasteiger partial charge on any atom is -0.380 e. The van der Waals surface area contributed by atoms with Crippen molar-refractivity contribution in [1.29, 1.82) is 0 Å². The smallest absolute Gasteiger partial charge is 0.246 e. The molecule has 5 nitrogen and oxygen atoms in total. The molecule has 5 heteroatoms. The molecule has 3 atom stereocenters. The van der Waals surface area contributed by atoms with Crippen molar-refractivity contribution in [1.82, 2.24) is 10.2 Å². The zero-order valence-corrected chi connectivity index (χ0v) is 14.0. The molecule has 1 fully saturated rings. The van der Waals surface area contributed by atoms with E-state index in [2.05, 4.69) is 19.2 Å². The summed E-state index contributed by atoms with van der Waals surface area (Å²) in [5.41, 5.74) is 0. The Morgan fingerprint density at radius 2 is 1.90 bits per heavy atom. The Balaban J connectivity index is 3.03. The van der Waals surface area contributed by atoms with E-state index in [0.29, 0.717) is 26.1 Å². The summed E-state index contributed by atoms with van der Waals surface area (Å²) < 4.78 is 5.56. The van der Waals surface area contributed by atoms with E-state index in [9.17, 15) is 9.59 Å². The van der Waals surface area contributed by atoms with Gasteiger partial charge in [-0.25, -0.2) is 0 Å². The number of nitrogens with one attached hydrogen (secondary N) is 1. The summed E-state index contributed by atoms with van der Waals surface area (Å²) in [5.74, 6) is 0.266. The van der Waals surface area contributed by atoms with Crippen LogP contribution in [0.5, 0.6) is 0 Å². The van der Waals surface area contributed by atoms with Crippen LogP contribution in [0, 0.1) is 5.92 Å². The van der Waals surface area contributed by atoms with E-state index in [1.165, 1.54) is 0 Å². The van der Waals surface area contributed by atoms with Crippen molar-refractivity contribution < 1.29 is 14.3 Å². The molecule has 1 N–H and O–H groups in total. The maximum atomic E-state index is 12.8. The minimum atomic E-state index is -0.381. The van der Waals surface area contributed by atoms with E-state index in [1.807, 2.05) is 20.8 Å². The van der Waals surface area contributed by atoms with Crippen molar-refractivity contribution in [2.75, 3.05) is 13.2 Å². The molecule has 122 valence electrons. The van der Waals surface area contributed by atoms with Gasteiger partial charge >= 0.3 is 0 Å². The van der Waals surface area contributed by atoms with Gasteiger partial charge in [0.2, 0.25) is 11.8 Å². The maximum absolute atomic E-state index is 12.8. The quantitative estimate of drug-likeness (QED) is 0.745. The number of carbonyl (C=O) groups is 2. The number of rotatable bonds is 8. The van der Waals surface area contributed by atoms with Crippen LogP contribution in [0.4, 0.5) is 0 Å². The van der Waals surface area contributed by atoms with Gasteiger partial charge in [-0.3, -0.25) is 9.59 Å². The van der Waals surface area contributed by atoms with Crippen molar-refractivity contribution in [3.8, 4) is 0 Å². The van der Waals surface area contributed by atoms with E-state index in [4.69, 9.17) is 4.74 Å². The van der Waals surface area contributed by atoms with Crippen LogP contribution in [0.25, 0.3) is 0 Å². The van der Waals surface area contributed by atoms with Crippen molar-refractivity contribution in [3.05, 3.63) is 0 Å². The van der Waals surface area contributed by atoms with E-state index < -0.39 is 0 Å². The standard InChI is InChI=1S/C16H30N2O3/c1-6-9-12-16(20)18(13(7-2)15(19)17-12)14(11(4)5)10-21-8-3/h11-14H,6-10H2,1-5H3,(H,17,19). The lowest BCUT2D eigenvalue weighted by atomic mass is 9.95. The van der Waals surface area contributed by atoms with Crippen LogP contribution in [-0.4, -0.2) is 48.1 Å². The van der Waals surface area contributed by atoms with Gasteiger partial charge in [0.25, 0.3) is 0 Å². The Morgan fingerprint density at radius 1 is 1.24 bits per heavy atom. The van der Waals surface area contributed by atoms with E-state index in [0.717, 1.165) is 6.42 Å². The highest BCUT2D eigenvalue weighted by Gasteiger charge is 2.43. The summed E-state index contributed by atoms with van der Waals surface area (Å²) in [7, 11) is 0. The van der Waals surface area contributed by atoms with Gasteiger partial charge in [-0.15, -0.1) is 0 Å². The van der Waals surface area contributed by atoms with E-state index in [1.54, 1.807) is 4.90 Å². The highest BCUT2D eigenvalue weighted by Crippen LogP contribution is 2.23. The Labute approximate surface area is 128 Å². The average molecular weight is 298 g/mol. The summed E-state index contributed by atoms with van der Waals surface area (Å²) in [5, 5.41) is 2.88. The minimum absolute atomic E-state index is 0.0299. The molecule has 2 amide bonds. The van der Waals surface area contributed by atoms with Crippen LogP contribution in [0.1, 0.15) is 53.9 Å². The molecule has 0 aromatic carbocycles. The van der Waals surface area contributed by atoms with Gasteiger partial charge in [0.1, 0.15) is 12.1 Å². The SMILES string of the molecule is CCCC1NC(=O)C(CC)N(C(COCC)C(C)C)C1=O. The lowest BCUT2D eigenvalue weighted by Gasteiger charge is -2.44. The van der Waals surface area contributed by atoms with Gasteiger partial charge in [-0.2, -0.15) is 0 Å². The van der Waals surface area contributed by atoms with Crippen molar-refractivity contribution in [2.45, 2.75) is 72.0 Å². The van der Waals surface area contributed by atoms with Crippen molar-refractivity contribution in [3.63, 3.8) is 0 Å². The first-order valence-electron chi connectivity index (χ1n) is 8.18. The average Bonchev–Trinajstić information content (AvgIpc) is 2.44. The second kappa shape index (κ2) is 8.37. The largest absolute Gasteiger partial charge is 0.380 e. The molecule has 1 heterocycles. The summed E-state index contributed by atoms with van der Waals surface area (Å²) >= 11 is 0. The highest BCUT2D eigenvalue weighted by atomic mass is 16.5. The Morgan fingerprint density at radius 3 is 2.38 bits per heavy atom. The molecule has 0 radical (unpaired) electrons. The third-order valence-corrected chi connectivity index (χ3v) is 4.09. The number of amides is 2. The van der Waals surface area contributed by atoms with Crippen molar-refractivity contribution in [2.24, 2.45) is 5.92 Å². The topological polar surface area (TPSA) is 58.6 Å². The van der Waals surface area contributed by atoms with Gasteiger partial charge in [-0.05, 0) is 25.7 Å². The molecule has 0 aliphatic carbocycles. The molecular weight excluding hydrogens is 268 g/mol. The zero-order valence-electron chi connectivity index (χ0n) is 14.0. The van der Waals surface area contributed by atoms with Gasteiger partial charge in [-0.1, -0.05) is 34.1 Å². The fourth-order valence-electron chi connectivity index (χ4n) is 2.88. The normalized spacial score (nSPS) is 24.4. The lowest BCUT2D eigenvalue weighted by molar-refractivity contribution is -0.155. The third kappa shape index (κ3) is 4.19. The summed E-state index contributed by atoms with van der Waals surface area (Å²) in [4.78, 5) is 26.9. The summed E-state index contributed by atoms with van der Waals surface area (Å²) in [6.07, 6.45) is 2.20. The van der Waals surface area contributed by atoms with Crippen LogP contribution in [0.3, 0.4) is 0 Å². The Bertz CT molecular complexity index is 357. The Hall–Kier alpha value is -1.10. The first kappa shape index (κ1) is 18.0. The number of carbonyl (C=O) groups excluding carboxylic acids is 2. The van der Waals surface area contributed by atoms with Crippen LogP contribution >= 0.6 is 0 Å². The predicted molar refractivity (Wildman–Crippen MR) is 82.9 cm³/mol. The number of ether oxygens (including phenoxy) is 1. The molecular formula is C16H30N2O3.